The molecule has 2 aromatic carbocycles. The molecule has 2 aliphatic heterocycles. The Bertz CT molecular complexity index is 3270. The number of carboxylic acids is 1. The van der Waals surface area contributed by atoms with E-state index in [-0.39, 0.29) is 101 Å². The van der Waals surface area contributed by atoms with Crippen LogP contribution in [0.2, 0.25) is 0 Å². The van der Waals surface area contributed by atoms with Gasteiger partial charge in [0.25, 0.3) is 0 Å². The summed E-state index contributed by atoms with van der Waals surface area (Å²) < 4.78 is 0. The molecule has 544 valence electrons. The second-order valence-electron chi connectivity index (χ2n) is 24.7. The number of hydrogen-bond acceptors (Lipinski definition) is 21. The molecular formula is C63H93N17O19. The third-order valence-electron chi connectivity index (χ3n) is 16.4. The summed E-state index contributed by atoms with van der Waals surface area (Å²) >= 11 is 0. The van der Waals surface area contributed by atoms with Gasteiger partial charge >= 0.3 is 5.97 Å². The summed E-state index contributed by atoms with van der Waals surface area (Å²) in [6.07, 6.45) is -0.775. The maximum absolute atomic E-state index is 14.5. The number of aliphatic hydroxyl groups is 5. The van der Waals surface area contributed by atoms with Crippen LogP contribution in [-0.4, -0.2) is 257 Å². The molecule has 5 rings (SSSR count). The molecule has 11 amide bonds. The number of aromatic nitrogens is 2. The van der Waals surface area contributed by atoms with Gasteiger partial charge in [-0.3, -0.25) is 57.7 Å². The molecule has 0 radical (unpaired) electrons. The predicted octanol–water partition coefficient (Wildman–Crippen LogP) is -7.26. The van der Waals surface area contributed by atoms with Crippen molar-refractivity contribution < 1.29 is 93.3 Å². The van der Waals surface area contributed by atoms with Crippen molar-refractivity contribution in [2.45, 2.75) is 177 Å². The Labute approximate surface area is 569 Å². The molecule has 3 aromatic rings. The second kappa shape index (κ2) is 38.9. The summed E-state index contributed by atoms with van der Waals surface area (Å²) in [4.78, 5) is 179. The van der Waals surface area contributed by atoms with Gasteiger partial charge in [-0.15, -0.1) is 0 Å². The maximum atomic E-state index is 14.5. The zero-order valence-electron chi connectivity index (χ0n) is 55.4. The van der Waals surface area contributed by atoms with Crippen LogP contribution in [-0.2, 0) is 76.8 Å². The summed E-state index contributed by atoms with van der Waals surface area (Å²) in [5.74, 6) is -13.1. The molecule has 36 heteroatoms. The lowest BCUT2D eigenvalue weighted by atomic mass is 10.0. The van der Waals surface area contributed by atoms with E-state index >= 15 is 0 Å². The van der Waals surface area contributed by atoms with Crippen molar-refractivity contribution in [3.63, 3.8) is 0 Å². The minimum atomic E-state index is -2.00. The van der Waals surface area contributed by atoms with Gasteiger partial charge in [-0.1, -0.05) is 56.3 Å². The molecule has 3 heterocycles. The quantitative estimate of drug-likeness (QED) is 0.0144. The number of phenols is 1. The van der Waals surface area contributed by atoms with Crippen molar-refractivity contribution in [3.8, 4) is 5.75 Å². The number of aliphatic hydroxyl groups excluding tert-OH is 5. The number of nitrogens with one attached hydrogen (secondary N) is 10. The lowest BCUT2D eigenvalue weighted by Crippen LogP contribution is -2.63. The Morgan fingerprint density at radius 2 is 1.03 bits per heavy atom. The van der Waals surface area contributed by atoms with Crippen LogP contribution in [0.3, 0.4) is 0 Å². The van der Waals surface area contributed by atoms with Gasteiger partial charge in [-0.2, -0.15) is 0 Å². The van der Waals surface area contributed by atoms with Gasteiger partial charge in [0.1, 0.15) is 72.2 Å². The number of carbonyl (C=O) groups excluding carboxylic acids is 11. The molecule has 2 saturated heterocycles. The van der Waals surface area contributed by atoms with Crippen LogP contribution in [0, 0.1) is 5.92 Å². The molecule has 0 spiro atoms. The number of nitrogens with zero attached hydrogens (tertiary/aromatic N) is 4. The number of benzene rings is 2. The average Bonchev–Trinajstić information content (AvgIpc) is 1.78. The number of hydrogen-bond donors (Lipinski definition) is 20. The van der Waals surface area contributed by atoms with Gasteiger partial charge in [0.05, 0.1) is 44.4 Å². The fourth-order valence-electron chi connectivity index (χ4n) is 11.1. The van der Waals surface area contributed by atoms with E-state index in [2.05, 4.69) is 62.8 Å². The van der Waals surface area contributed by atoms with Gasteiger partial charge in [-0.25, -0.2) is 9.78 Å². The molecule has 99 heavy (non-hydrogen) atoms. The van der Waals surface area contributed by atoms with E-state index in [4.69, 9.17) is 17.2 Å². The van der Waals surface area contributed by atoms with Gasteiger partial charge < -0.3 is 116 Å². The van der Waals surface area contributed by atoms with Crippen molar-refractivity contribution in [2.24, 2.45) is 28.1 Å². The molecule has 2 aliphatic rings. The third-order valence-corrected chi connectivity index (χ3v) is 16.4. The largest absolute Gasteiger partial charge is 0.508 e. The number of H-pyrrole nitrogens is 1. The highest BCUT2D eigenvalue weighted by molar-refractivity contribution is 6.00. The minimum Gasteiger partial charge on any atom is -0.508 e. The van der Waals surface area contributed by atoms with E-state index in [0.717, 1.165) is 24.3 Å². The van der Waals surface area contributed by atoms with Crippen molar-refractivity contribution in [1.29, 1.82) is 0 Å². The lowest BCUT2D eigenvalue weighted by molar-refractivity contribution is -0.145. The van der Waals surface area contributed by atoms with Gasteiger partial charge in [0.2, 0.25) is 65.0 Å². The molecule has 2 fully saturated rings. The number of aromatic hydroxyl groups is 1. The average molecular weight is 1390 g/mol. The Hall–Kier alpha value is -9.88. The normalized spacial score (nSPS) is 18.0. The summed E-state index contributed by atoms with van der Waals surface area (Å²) in [6, 6.07) is -4.42. The van der Waals surface area contributed by atoms with Crippen LogP contribution >= 0.6 is 0 Å². The zero-order chi connectivity index (χ0) is 73.2. The Morgan fingerprint density at radius 3 is 1.54 bits per heavy atom. The van der Waals surface area contributed by atoms with E-state index < -0.39 is 175 Å². The number of aromatic amines is 1. The number of likely N-dealkylation sites (tertiary alicyclic amines) is 2. The number of rotatable bonds is 38. The number of phenolic OH excluding ortho intramolecular Hbond substituents is 1. The highest BCUT2D eigenvalue weighted by Crippen LogP contribution is 2.23. The van der Waals surface area contributed by atoms with Gasteiger partial charge in [0.15, 0.2) is 5.96 Å². The highest BCUT2D eigenvalue weighted by Gasteiger charge is 2.43. The van der Waals surface area contributed by atoms with Gasteiger partial charge in [-0.05, 0) is 94.4 Å². The van der Waals surface area contributed by atoms with E-state index in [1.807, 2.05) is 0 Å². The lowest BCUT2D eigenvalue weighted by Gasteiger charge is -2.31. The Morgan fingerprint density at radius 1 is 0.566 bits per heavy atom. The van der Waals surface area contributed by atoms with Crippen LogP contribution in [0.15, 0.2) is 72.1 Å². The minimum absolute atomic E-state index is 0.00795. The Balaban J connectivity index is 1.30. The molecular weight excluding hydrogens is 1300 g/mol. The first kappa shape index (κ1) is 79.8. The fraction of sp³-hybridized carbons (Fsp3) is 0.556. The topological polar surface area (TPSA) is 580 Å². The Kier molecular flexibility index (Phi) is 31.4. The number of guanidine groups is 1. The monoisotopic (exact) mass is 1390 g/mol. The van der Waals surface area contributed by atoms with Crippen LogP contribution < -0.4 is 65.1 Å². The van der Waals surface area contributed by atoms with E-state index in [0.29, 0.717) is 12.0 Å². The molecule has 0 unspecified atom stereocenters. The summed E-state index contributed by atoms with van der Waals surface area (Å²) in [6.45, 7) is 2.70. The number of amides is 11. The first-order valence-electron chi connectivity index (χ1n) is 32.3. The first-order valence-corrected chi connectivity index (χ1v) is 32.3. The summed E-state index contributed by atoms with van der Waals surface area (Å²) in [5.41, 5.74) is 18.5. The molecule has 23 N–H and O–H groups in total. The number of carboxylic acid groups (broad SMARTS) is 1. The first-order chi connectivity index (χ1) is 47.0. The summed E-state index contributed by atoms with van der Waals surface area (Å²) in [7, 11) is 0. The molecule has 14 atom stereocenters. The van der Waals surface area contributed by atoms with Crippen LogP contribution in [0.25, 0.3) is 0 Å². The molecule has 0 bridgehead atoms. The fourth-order valence-corrected chi connectivity index (χ4v) is 11.1. The molecule has 1 aromatic heterocycles. The van der Waals surface area contributed by atoms with Crippen molar-refractivity contribution in [3.05, 3.63) is 83.9 Å². The number of carbonyl (C=O) groups is 12. The number of aliphatic carboxylic acids is 1. The number of nitrogens with two attached hydrogens (primary N) is 3. The number of imidazole rings is 1. The molecule has 0 saturated carbocycles. The highest BCUT2D eigenvalue weighted by atomic mass is 16.4. The SMILES string of the molecule is CC(C)C[C@H](NC(=O)[C@@H]1CCCN1C(=O)[C@H](CO)NC(=O)[C@@H](N)Cc1ccccc1)C(=O)N[C@@H](Cc1cnc[nH]1)C(=O)N[C@H](C(=O)N[C@@H](CO)C(=O)N[C@H](C(=O)N[C@@H](Cc1ccc(O)cc1)C(=O)N[C@@H](CCCN=C(N)N)C(=O)N1CCC[C@H]1C(=O)N[C@@H](CO)C(=O)O)[C@@H](C)O)[C@@H](C)O. The van der Waals surface area contributed by atoms with Crippen molar-refractivity contribution in [2.75, 3.05) is 39.5 Å². The van der Waals surface area contributed by atoms with Crippen molar-refractivity contribution in [1.82, 2.24) is 67.6 Å². The standard InChI is InChI=1S/C63H93N17O19/c1-32(2)23-41(72-56(92)47-14-10-22-80(47)61(97)45(29-82)75-51(87)39(64)24-35-11-6-5-7-12-35)52(88)71-43(26-37-27-67-31-69-37)54(90)77-50(34(4)85)59(95)74-44(28-81)55(91)78-49(33(3)84)58(94)73-42(25-36-16-18-38(86)19-17-36)53(89)70-40(13-8-20-68-63(65)66)60(96)79-21-9-15-48(79)57(93)76-46(30-83)62(98)99/h5-7,11-12,16-19,27,31-34,39-50,81-86H,8-10,13-15,20-26,28-30,64H2,1-4H3,(H,67,69)(H,70,89)(H,71,88)(H,72,92)(H,73,94)(H,74,95)(H,75,87)(H,76,93)(H,77,90)(H,78,91)(H,98,99)(H4,65,66,68)/t33-,34-,39+,40+,41+,42+,43+,44+,45+,46+,47+,48+,49+,50+/m1/s1. The zero-order valence-corrected chi connectivity index (χ0v) is 55.4. The summed E-state index contributed by atoms with van der Waals surface area (Å²) in [5, 5.41) is 93.5. The van der Waals surface area contributed by atoms with E-state index in [1.165, 1.54) is 41.7 Å². The maximum Gasteiger partial charge on any atom is 0.328 e. The smallest absolute Gasteiger partial charge is 0.328 e. The van der Waals surface area contributed by atoms with E-state index in [9.17, 15) is 93.3 Å². The number of aliphatic imine (C=N–C) groups is 1. The van der Waals surface area contributed by atoms with Crippen LogP contribution in [0.1, 0.15) is 89.5 Å². The van der Waals surface area contributed by atoms with Gasteiger partial charge in [0, 0.05) is 44.4 Å². The van der Waals surface area contributed by atoms with E-state index in [1.54, 1.807) is 44.2 Å². The van der Waals surface area contributed by atoms with Crippen LogP contribution in [0.4, 0.5) is 0 Å². The third kappa shape index (κ3) is 24.3. The molecule has 0 aliphatic carbocycles. The second-order valence-corrected chi connectivity index (χ2v) is 24.7. The van der Waals surface area contributed by atoms with Crippen molar-refractivity contribution >= 4 is 76.9 Å². The molecule has 36 nitrogen and oxygen atoms in total. The van der Waals surface area contributed by atoms with Crippen LogP contribution in [0.5, 0.6) is 5.75 Å². The predicted molar refractivity (Wildman–Crippen MR) is 351 cm³/mol.